The van der Waals surface area contributed by atoms with E-state index < -0.39 is 0 Å². The molecule has 2 nitrogen and oxygen atoms in total. The second kappa shape index (κ2) is 4.71. The van der Waals surface area contributed by atoms with Crippen LogP contribution in [0.15, 0.2) is 24.3 Å². The molecule has 0 aromatic heterocycles. The monoisotopic (exact) mass is 208 g/mol. The first-order valence-electron chi connectivity index (χ1n) is 5.06. The summed E-state index contributed by atoms with van der Waals surface area (Å²) in [4.78, 5) is 2.43. The predicted octanol–water partition coefficient (Wildman–Crippen LogP) is 1.53. The van der Waals surface area contributed by atoms with Gasteiger partial charge in [0, 0.05) is 37.6 Å². The Balaban J connectivity index is 2.20. The van der Waals surface area contributed by atoms with Crippen molar-refractivity contribution in [2.45, 2.75) is 5.75 Å². The molecule has 0 radical (unpaired) electrons. The molecule has 0 aliphatic carbocycles. The Kier molecular flexibility index (Phi) is 3.32. The van der Waals surface area contributed by atoms with Gasteiger partial charge in [0.2, 0.25) is 0 Å². The molecule has 1 fully saturated rings. The quantitative estimate of drug-likeness (QED) is 0.717. The Labute approximate surface area is 90.7 Å². The van der Waals surface area contributed by atoms with E-state index in [9.17, 15) is 0 Å². The molecular weight excluding hydrogens is 192 g/mol. The summed E-state index contributed by atoms with van der Waals surface area (Å²) in [6.45, 7) is 4.37. The molecule has 0 bridgehead atoms. The van der Waals surface area contributed by atoms with Crippen molar-refractivity contribution in [3.63, 3.8) is 0 Å². The lowest BCUT2D eigenvalue weighted by atomic mass is 10.1. The van der Waals surface area contributed by atoms with Crippen LogP contribution in [0.3, 0.4) is 0 Å². The zero-order valence-electron chi connectivity index (χ0n) is 8.24. The molecule has 1 aliphatic heterocycles. The number of para-hydroxylation sites is 1. The molecule has 1 heterocycles. The molecule has 0 saturated carbocycles. The van der Waals surface area contributed by atoms with E-state index in [0.717, 1.165) is 31.9 Å². The van der Waals surface area contributed by atoms with Gasteiger partial charge in [0.05, 0.1) is 0 Å². The summed E-state index contributed by atoms with van der Waals surface area (Å²) in [5.41, 5.74) is 2.68. The number of anilines is 1. The average molecular weight is 208 g/mol. The molecule has 76 valence electrons. The lowest BCUT2D eigenvalue weighted by Gasteiger charge is -2.30. The molecule has 1 aliphatic rings. The number of hydrogen-bond donors (Lipinski definition) is 2. The number of thiol groups is 1. The maximum Gasteiger partial charge on any atom is 0.0408 e. The van der Waals surface area contributed by atoms with Crippen LogP contribution in [0, 0.1) is 0 Å². The first-order chi connectivity index (χ1) is 6.92. The van der Waals surface area contributed by atoms with Gasteiger partial charge in [-0.2, -0.15) is 12.6 Å². The lowest BCUT2D eigenvalue weighted by molar-refractivity contribution is 0.588. The third-order valence-electron chi connectivity index (χ3n) is 2.62. The van der Waals surface area contributed by atoms with Gasteiger partial charge in [-0.15, -0.1) is 0 Å². The summed E-state index contributed by atoms with van der Waals surface area (Å²) in [6, 6.07) is 8.53. The highest BCUT2D eigenvalue weighted by Crippen LogP contribution is 2.21. The van der Waals surface area contributed by atoms with Crippen molar-refractivity contribution in [1.29, 1.82) is 0 Å². The minimum atomic E-state index is 0.820. The van der Waals surface area contributed by atoms with E-state index in [1.807, 2.05) is 0 Å². The first-order valence-corrected chi connectivity index (χ1v) is 5.69. The third kappa shape index (κ3) is 2.04. The second-order valence-corrected chi connectivity index (χ2v) is 3.84. The van der Waals surface area contributed by atoms with Crippen LogP contribution in [0.4, 0.5) is 5.69 Å². The smallest absolute Gasteiger partial charge is 0.0408 e. The molecule has 0 spiro atoms. The molecule has 1 aromatic carbocycles. The van der Waals surface area contributed by atoms with E-state index in [-0.39, 0.29) is 0 Å². The highest BCUT2D eigenvalue weighted by Gasteiger charge is 2.12. The summed E-state index contributed by atoms with van der Waals surface area (Å²) >= 11 is 4.36. The molecule has 1 aromatic rings. The molecule has 3 heteroatoms. The van der Waals surface area contributed by atoms with Crippen LogP contribution in [-0.2, 0) is 5.75 Å². The van der Waals surface area contributed by atoms with Crippen LogP contribution >= 0.6 is 12.6 Å². The lowest BCUT2D eigenvalue weighted by Crippen LogP contribution is -2.43. The second-order valence-electron chi connectivity index (χ2n) is 3.52. The summed E-state index contributed by atoms with van der Waals surface area (Å²) in [6.07, 6.45) is 0. The van der Waals surface area contributed by atoms with E-state index in [1.54, 1.807) is 0 Å². The Morgan fingerprint density at radius 1 is 1.21 bits per heavy atom. The van der Waals surface area contributed by atoms with Crippen molar-refractivity contribution in [3.05, 3.63) is 29.8 Å². The largest absolute Gasteiger partial charge is 0.369 e. The molecule has 2 rings (SSSR count). The standard InChI is InChI=1S/C11H16N2S/c14-9-10-3-1-2-4-11(10)13-7-5-12-6-8-13/h1-4,12,14H,5-9H2. The minimum absolute atomic E-state index is 0.820. The highest BCUT2D eigenvalue weighted by atomic mass is 32.1. The van der Waals surface area contributed by atoms with Gasteiger partial charge in [0.15, 0.2) is 0 Å². The van der Waals surface area contributed by atoms with Crippen molar-refractivity contribution in [2.24, 2.45) is 0 Å². The highest BCUT2D eigenvalue weighted by molar-refractivity contribution is 7.79. The number of rotatable bonds is 2. The van der Waals surface area contributed by atoms with Crippen LogP contribution in [0.25, 0.3) is 0 Å². The number of nitrogens with one attached hydrogen (secondary N) is 1. The molecule has 1 saturated heterocycles. The Morgan fingerprint density at radius 2 is 1.93 bits per heavy atom. The zero-order valence-corrected chi connectivity index (χ0v) is 9.13. The first kappa shape index (κ1) is 9.87. The van der Waals surface area contributed by atoms with Crippen molar-refractivity contribution in [3.8, 4) is 0 Å². The maximum atomic E-state index is 4.36. The number of piperazine rings is 1. The van der Waals surface area contributed by atoms with Crippen LogP contribution in [0.1, 0.15) is 5.56 Å². The summed E-state index contributed by atoms with van der Waals surface area (Å²) in [5, 5.41) is 3.36. The van der Waals surface area contributed by atoms with Crippen molar-refractivity contribution in [1.82, 2.24) is 5.32 Å². The van der Waals surface area contributed by atoms with Gasteiger partial charge in [-0.1, -0.05) is 18.2 Å². The van der Waals surface area contributed by atoms with E-state index in [0.29, 0.717) is 0 Å². The van der Waals surface area contributed by atoms with E-state index >= 15 is 0 Å². The van der Waals surface area contributed by atoms with E-state index in [2.05, 4.69) is 47.1 Å². The van der Waals surface area contributed by atoms with Gasteiger partial charge in [-0.25, -0.2) is 0 Å². The van der Waals surface area contributed by atoms with Gasteiger partial charge in [-0.3, -0.25) is 0 Å². The van der Waals surface area contributed by atoms with Crippen LogP contribution in [0.2, 0.25) is 0 Å². The summed E-state index contributed by atoms with van der Waals surface area (Å²) in [7, 11) is 0. The maximum absolute atomic E-state index is 4.36. The zero-order chi connectivity index (χ0) is 9.80. The Hall–Kier alpha value is -0.670. The molecular formula is C11H16N2S. The van der Waals surface area contributed by atoms with Gasteiger partial charge >= 0.3 is 0 Å². The molecule has 14 heavy (non-hydrogen) atoms. The molecule has 0 amide bonds. The molecule has 0 atom stereocenters. The van der Waals surface area contributed by atoms with Gasteiger partial charge < -0.3 is 10.2 Å². The number of benzene rings is 1. The average Bonchev–Trinajstić information content (AvgIpc) is 2.30. The van der Waals surface area contributed by atoms with Crippen LogP contribution in [0.5, 0.6) is 0 Å². The van der Waals surface area contributed by atoms with E-state index in [4.69, 9.17) is 0 Å². The van der Waals surface area contributed by atoms with Gasteiger partial charge in [0.25, 0.3) is 0 Å². The normalized spacial score (nSPS) is 17.1. The Bertz CT molecular complexity index is 295. The van der Waals surface area contributed by atoms with Crippen molar-refractivity contribution >= 4 is 18.3 Å². The topological polar surface area (TPSA) is 15.3 Å². The third-order valence-corrected chi connectivity index (χ3v) is 2.96. The molecule has 0 unspecified atom stereocenters. The van der Waals surface area contributed by atoms with Crippen LogP contribution in [-0.4, -0.2) is 26.2 Å². The van der Waals surface area contributed by atoms with E-state index in [1.165, 1.54) is 11.3 Å². The Morgan fingerprint density at radius 3 is 2.64 bits per heavy atom. The predicted molar refractivity (Wildman–Crippen MR) is 64.2 cm³/mol. The molecule has 1 N–H and O–H groups in total. The van der Waals surface area contributed by atoms with Gasteiger partial charge in [-0.05, 0) is 11.6 Å². The summed E-state index contributed by atoms with van der Waals surface area (Å²) < 4.78 is 0. The van der Waals surface area contributed by atoms with Gasteiger partial charge in [0.1, 0.15) is 0 Å². The fraction of sp³-hybridized carbons (Fsp3) is 0.455. The van der Waals surface area contributed by atoms with Crippen molar-refractivity contribution < 1.29 is 0 Å². The van der Waals surface area contributed by atoms with Crippen LogP contribution < -0.4 is 10.2 Å². The van der Waals surface area contributed by atoms with Crippen molar-refractivity contribution in [2.75, 3.05) is 31.1 Å². The summed E-state index contributed by atoms with van der Waals surface area (Å²) in [5.74, 6) is 0.820. The number of nitrogens with zero attached hydrogens (tertiary/aromatic N) is 1. The fourth-order valence-electron chi connectivity index (χ4n) is 1.86. The minimum Gasteiger partial charge on any atom is -0.369 e. The number of hydrogen-bond acceptors (Lipinski definition) is 3. The fourth-order valence-corrected chi connectivity index (χ4v) is 2.13. The SMILES string of the molecule is SCc1ccccc1N1CCNCC1.